The summed E-state index contributed by atoms with van der Waals surface area (Å²) in [7, 11) is 1.59. The maximum atomic E-state index is 10.8. The molecule has 0 aromatic rings. The molecule has 0 bridgehead atoms. The molecule has 0 rings (SSSR count). The van der Waals surface area contributed by atoms with Gasteiger partial charge in [-0.2, -0.15) is 5.26 Å². The first-order chi connectivity index (χ1) is 5.24. The number of nitriles is 1. The molecule has 0 saturated heterocycles. The molecule has 0 aromatic carbocycles. The molecule has 0 fully saturated rings. The van der Waals surface area contributed by atoms with Gasteiger partial charge in [0.05, 0.1) is 19.2 Å². The highest BCUT2D eigenvalue weighted by Crippen LogP contribution is 1.84. The molecule has 0 atom stereocenters. The van der Waals surface area contributed by atoms with E-state index in [1.54, 1.807) is 11.9 Å². The zero-order chi connectivity index (χ0) is 8.69. The maximum Gasteiger partial charge on any atom is 0.233 e. The number of likely N-dealkylation sites (N-methyl/N-ethyl adjacent to an activating group) is 2. The largest absolute Gasteiger partial charge is 0.358 e. The third-order valence-electron chi connectivity index (χ3n) is 1.39. The van der Waals surface area contributed by atoms with Crippen LogP contribution in [0.3, 0.4) is 0 Å². The normalized spacial score (nSPS) is 9.27. The molecule has 0 unspecified atom stereocenters. The summed E-state index contributed by atoms with van der Waals surface area (Å²) in [6.07, 6.45) is 0. The predicted octanol–water partition coefficient (Wildman–Crippen LogP) is -0.422. The van der Waals surface area contributed by atoms with E-state index >= 15 is 0 Å². The van der Waals surface area contributed by atoms with E-state index in [4.69, 9.17) is 5.26 Å². The van der Waals surface area contributed by atoms with E-state index in [2.05, 4.69) is 5.32 Å². The van der Waals surface area contributed by atoms with Crippen molar-refractivity contribution >= 4 is 5.91 Å². The van der Waals surface area contributed by atoms with E-state index in [0.717, 1.165) is 6.54 Å². The number of nitrogens with one attached hydrogen (secondary N) is 1. The summed E-state index contributed by atoms with van der Waals surface area (Å²) in [5.74, 6) is -0.0536. The number of carbonyl (C=O) groups is 1. The average molecular weight is 155 g/mol. The second-order valence-corrected chi connectivity index (χ2v) is 2.13. The molecule has 4 heteroatoms. The first kappa shape index (κ1) is 9.92. The molecule has 0 spiro atoms. The average Bonchev–Trinajstić information content (AvgIpc) is 2.03. The van der Waals surface area contributed by atoms with Crippen LogP contribution in [0, 0.1) is 11.3 Å². The highest BCUT2D eigenvalue weighted by molar-refractivity contribution is 5.77. The Morgan fingerprint density at radius 2 is 2.36 bits per heavy atom. The Hall–Kier alpha value is -1.08. The third-order valence-corrected chi connectivity index (χ3v) is 1.39. The van der Waals surface area contributed by atoms with Gasteiger partial charge < -0.3 is 5.32 Å². The van der Waals surface area contributed by atoms with Crippen molar-refractivity contribution in [2.45, 2.75) is 6.92 Å². The molecule has 62 valence electrons. The summed E-state index contributed by atoms with van der Waals surface area (Å²) < 4.78 is 0. The van der Waals surface area contributed by atoms with E-state index in [9.17, 15) is 4.79 Å². The molecular weight excluding hydrogens is 142 g/mol. The van der Waals surface area contributed by atoms with Crippen LogP contribution in [-0.2, 0) is 4.79 Å². The first-order valence-electron chi connectivity index (χ1n) is 3.54. The number of nitrogens with zero attached hydrogens (tertiary/aromatic N) is 2. The minimum atomic E-state index is -0.0536. The van der Waals surface area contributed by atoms with Gasteiger partial charge in [-0.05, 0) is 6.54 Å². The van der Waals surface area contributed by atoms with Gasteiger partial charge in [-0.1, -0.05) is 6.92 Å². The molecule has 0 aliphatic rings. The summed E-state index contributed by atoms with van der Waals surface area (Å²) in [6.45, 7) is 3.26. The van der Waals surface area contributed by atoms with E-state index in [1.807, 2.05) is 13.0 Å². The Bertz CT molecular complexity index is 162. The summed E-state index contributed by atoms with van der Waals surface area (Å²) in [6, 6.07) is 1.99. The first-order valence-corrected chi connectivity index (χ1v) is 3.54. The summed E-state index contributed by atoms with van der Waals surface area (Å²) >= 11 is 0. The molecule has 0 saturated carbocycles. The molecule has 0 aromatic heterocycles. The van der Waals surface area contributed by atoms with Crippen molar-refractivity contribution in [3.63, 3.8) is 0 Å². The monoisotopic (exact) mass is 155 g/mol. The Labute approximate surface area is 66.8 Å². The molecule has 1 amide bonds. The molecule has 0 aliphatic carbocycles. The lowest BCUT2D eigenvalue weighted by Crippen LogP contribution is -2.35. The Morgan fingerprint density at radius 3 is 2.73 bits per heavy atom. The number of hydrogen-bond donors (Lipinski definition) is 1. The van der Waals surface area contributed by atoms with Crippen molar-refractivity contribution in [1.82, 2.24) is 10.2 Å². The lowest BCUT2D eigenvalue weighted by atomic mass is 10.4. The van der Waals surface area contributed by atoms with Gasteiger partial charge >= 0.3 is 0 Å². The molecule has 0 heterocycles. The van der Waals surface area contributed by atoms with Crippen LogP contribution in [0.1, 0.15) is 6.92 Å². The Kier molecular flexibility index (Phi) is 5.13. The number of amides is 1. The highest BCUT2D eigenvalue weighted by Gasteiger charge is 2.05. The van der Waals surface area contributed by atoms with Crippen molar-refractivity contribution in [1.29, 1.82) is 5.26 Å². The van der Waals surface area contributed by atoms with Crippen LogP contribution in [0.25, 0.3) is 0 Å². The predicted molar refractivity (Wildman–Crippen MR) is 41.8 cm³/mol. The standard InChI is InChI=1S/C7H13N3O/c1-3-10(5-4-8)6-7(11)9-2/h3,5-6H2,1-2H3,(H,9,11). The van der Waals surface area contributed by atoms with E-state index in [-0.39, 0.29) is 5.91 Å². The topological polar surface area (TPSA) is 56.1 Å². The fourth-order valence-corrected chi connectivity index (χ4v) is 0.662. The second kappa shape index (κ2) is 5.69. The molecule has 1 N–H and O–H groups in total. The van der Waals surface area contributed by atoms with E-state index < -0.39 is 0 Å². The lowest BCUT2D eigenvalue weighted by molar-refractivity contribution is -0.121. The van der Waals surface area contributed by atoms with Crippen molar-refractivity contribution < 1.29 is 4.79 Å². The maximum absolute atomic E-state index is 10.8. The molecule has 0 radical (unpaired) electrons. The number of rotatable bonds is 4. The fourth-order valence-electron chi connectivity index (χ4n) is 0.662. The van der Waals surface area contributed by atoms with Gasteiger partial charge in [0.2, 0.25) is 5.91 Å². The minimum absolute atomic E-state index is 0.0536. The van der Waals surface area contributed by atoms with Crippen LogP contribution < -0.4 is 5.32 Å². The molecule has 4 nitrogen and oxygen atoms in total. The minimum Gasteiger partial charge on any atom is -0.358 e. The van der Waals surface area contributed by atoms with Crippen LogP contribution >= 0.6 is 0 Å². The van der Waals surface area contributed by atoms with Crippen LogP contribution in [0.2, 0.25) is 0 Å². The smallest absolute Gasteiger partial charge is 0.233 e. The van der Waals surface area contributed by atoms with Gasteiger partial charge in [0, 0.05) is 7.05 Å². The fraction of sp³-hybridized carbons (Fsp3) is 0.714. The van der Waals surface area contributed by atoms with Crippen LogP contribution in [0.4, 0.5) is 0 Å². The zero-order valence-corrected chi connectivity index (χ0v) is 6.92. The van der Waals surface area contributed by atoms with Gasteiger partial charge in [0.1, 0.15) is 0 Å². The van der Waals surface area contributed by atoms with E-state index in [0.29, 0.717) is 13.1 Å². The molecular formula is C7H13N3O. The van der Waals surface area contributed by atoms with Gasteiger partial charge in [0.15, 0.2) is 0 Å². The number of hydrogen-bond acceptors (Lipinski definition) is 3. The van der Waals surface area contributed by atoms with Gasteiger partial charge in [0.25, 0.3) is 0 Å². The van der Waals surface area contributed by atoms with Crippen LogP contribution in [0.15, 0.2) is 0 Å². The summed E-state index contributed by atoms with van der Waals surface area (Å²) in [4.78, 5) is 12.6. The summed E-state index contributed by atoms with van der Waals surface area (Å²) in [5.41, 5.74) is 0. The number of carbonyl (C=O) groups excluding carboxylic acids is 1. The van der Waals surface area contributed by atoms with Crippen molar-refractivity contribution in [2.24, 2.45) is 0 Å². The Balaban J connectivity index is 3.70. The quantitative estimate of drug-likeness (QED) is 0.561. The van der Waals surface area contributed by atoms with Crippen molar-refractivity contribution in [3.8, 4) is 6.07 Å². The second-order valence-electron chi connectivity index (χ2n) is 2.13. The Morgan fingerprint density at radius 1 is 1.73 bits per heavy atom. The van der Waals surface area contributed by atoms with Crippen LogP contribution in [0.5, 0.6) is 0 Å². The van der Waals surface area contributed by atoms with Crippen molar-refractivity contribution in [2.75, 3.05) is 26.7 Å². The molecule has 11 heavy (non-hydrogen) atoms. The zero-order valence-electron chi connectivity index (χ0n) is 6.92. The summed E-state index contributed by atoms with van der Waals surface area (Å²) in [5, 5.41) is 10.8. The SMILES string of the molecule is CCN(CC#N)CC(=O)NC. The van der Waals surface area contributed by atoms with Crippen molar-refractivity contribution in [3.05, 3.63) is 0 Å². The third kappa shape index (κ3) is 4.34. The lowest BCUT2D eigenvalue weighted by Gasteiger charge is -2.14. The van der Waals surface area contributed by atoms with Gasteiger partial charge in [-0.15, -0.1) is 0 Å². The van der Waals surface area contributed by atoms with Crippen LogP contribution in [-0.4, -0.2) is 37.5 Å². The molecule has 0 aliphatic heterocycles. The van der Waals surface area contributed by atoms with Gasteiger partial charge in [-0.3, -0.25) is 9.69 Å². The van der Waals surface area contributed by atoms with Gasteiger partial charge in [-0.25, -0.2) is 0 Å². The van der Waals surface area contributed by atoms with E-state index in [1.165, 1.54) is 0 Å². The highest BCUT2D eigenvalue weighted by atomic mass is 16.1.